The predicted molar refractivity (Wildman–Crippen MR) is 89.1 cm³/mol. The second-order valence-corrected chi connectivity index (χ2v) is 6.94. The minimum Gasteiger partial charge on any atom is -0.258 e. The standard InChI is InChI=1S/C15H13ClN2O4S/c1-3-17(14-9-6-12(16)10-15(14)18(19)20)23(21,22)13-7-4-11(2)5-8-13/h3-10H,1H2,2H3. The molecule has 2 aromatic carbocycles. The maximum Gasteiger partial charge on any atom is 0.295 e. The van der Waals surface area contributed by atoms with Crippen molar-refractivity contribution in [1.29, 1.82) is 0 Å². The van der Waals surface area contributed by atoms with E-state index in [0.717, 1.165) is 22.1 Å². The molecule has 0 saturated carbocycles. The third-order valence-electron chi connectivity index (χ3n) is 3.12. The number of hydrogen-bond donors (Lipinski definition) is 0. The van der Waals surface area contributed by atoms with E-state index in [2.05, 4.69) is 6.58 Å². The van der Waals surface area contributed by atoms with Crippen molar-refractivity contribution < 1.29 is 13.3 Å². The van der Waals surface area contributed by atoms with Crippen molar-refractivity contribution in [2.75, 3.05) is 4.31 Å². The summed E-state index contributed by atoms with van der Waals surface area (Å²) >= 11 is 5.76. The zero-order valence-electron chi connectivity index (χ0n) is 12.1. The van der Waals surface area contributed by atoms with Crippen molar-refractivity contribution in [3.63, 3.8) is 0 Å². The van der Waals surface area contributed by atoms with Gasteiger partial charge in [-0.1, -0.05) is 35.9 Å². The second-order valence-electron chi connectivity index (χ2n) is 4.69. The fourth-order valence-electron chi connectivity index (χ4n) is 1.98. The average Bonchev–Trinajstić information content (AvgIpc) is 2.49. The summed E-state index contributed by atoms with van der Waals surface area (Å²) in [5.41, 5.74) is 0.342. The van der Waals surface area contributed by atoms with E-state index >= 15 is 0 Å². The summed E-state index contributed by atoms with van der Waals surface area (Å²) in [5.74, 6) is 0. The number of sulfonamides is 1. The molecule has 0 aliphatic rings. The SMILES string of the molecule is C=CN(c1ccc(Cl)cc1[N+](=O)[O-])S(=O)(=O)c1ccc(C)cc1. The number of benzene rings is 2. The van der Waals surface area contributed by atoms with Crippen LogP contribution in [0.5, 0.6) is 0 Å². The molecule has 0 bridgehead atoms. The Morgan fingerprint density at radius 2 is 1.83 bits per heavy atom. The van der Waals surface area contributed by atoms with E-state index in [-0.39, 0.29) is 15.6 Å². The van der Waals surface area contributed by atoms with Gasteiger partial charge in [-0.25, -0.2) is 12.7 Å². The maximum absolute atomic E-state index is 12.7. The van der Waals surface area contributed by atoms with E-state index in [0.29, 0.717) is 0 Å². The largest absolute Gasteiger partial charge is 0.295 e. The van der Waals surface area contributed by atoms with Gasteiger partial charge in [0, 0.05) is 17.3 Å². The first-order valence-electron chi connectivity index (χ1n) is 6.45. The van der Waals surface area contributed by atoms with Gasteiger partial charge in [0.15, 0.2) is 0 Å². The second kappa shape index (κ2) is 6.39. The summed E-state index contributed by atoms with van der Waals surface area (Å²) in [4.78, 5) is 10.5. The van der Waals surface area contributed by atoms with E-state index in [1.807, 2.05) is 6.92 Å². The Morgan fingerprint density at radius 3 is 2.35 bits per heavy atom. The normalized spacial score (nSPS) is 11.0. The first-order valence-corrected chi connectivity index (χ1v) is 8.27. The van der Waals surface area contributed by atoms with Crippen LogP contribution in [0.25, 0.3) is 0 Å². The molecule has 0 unspecified atom stereocenters. The Hall–Kier alpha value is -2.38. The molecule has 120 valence electrons. The van der Waals surface area contributed by atoms with Crippen LogP contribution in [0.15, 0.2) is 60.1 Å². The number of halogens is 1. The number of nitro groups is 1. The molecule has 2 aromatic rings. The summed E-state index contributed by atoms with van der Waals surface area (Å²) in [6.45, 7) is 5.29. The minimum atomic E-state index is -4.02. The molecular formula is C15H13ClN2O4S. The molecule has 8 heteroatoms. The lowest BCUT2D eigenvalue weighted by Crippen LogP contribution is -2.26. The highest BCUT2D eigenvalue weighted by Crippen LogP contribution is 2.34. The number of nitro benzene ring substituents is 1. The molecule has 0 aliphatic heterocycles. The molecule has 0 atom stereocenters. The Morgan fingerprint density at radius 1 is 1.22 bits per heavy atom. The van der Waals surface area contributed by atoms with E-state index in [4.69, 9.17) is 11.6 Å². The first kappa shape index (κ1) is 17.0. The Kier molecular flexibility index (Phi) is 4.72. The summed E-state index contributed by atoms with van der Waals surface area (Å²) in [6, 6.07) is 9.90. The molecule has 0 radical (unpaired) electrons. The fourth-order valence-corrected chi connectivity index (χ4v) is 3.46. The lowest BCUT2D eigenvalue weighted by Gasteiger charge is -2.20. The van der Waals surface area contributed by atoms with Crippen LogP contribution in [0.1, 0.15) is 5.56 Å². The Bertz CT molecular complexity index is 864. The fraction of sp³-hybridized carbons (Fsp3) is 0.0667. The van der Waals surface area contributed by atoms with E-state index in [9.17, 15) is 18.5 Å². The summed E-state index contributed by atoms with van der Waals surface area (Å²) in [7, 11) is -4.02. The van der Waals surface area contributed by atoms with Crippen molar-refractivity contribution >= 4 is 33.0 Å². The third-order valence-corrected chi connectivity index (χ3v) is 5.08. The van der Waals surface area contributed by atoms with Gasteiger partial charge in [-0.2, -0.15) is 0 Å². The smallest absolute Gasteiger partial charge is 0.258 e. The van der Waals surface area contributed by atoms with Gasteiger partial charge in [-0.05, 0) is 31.2 Å². The van der Waals surface area contributed by atoms with Gasteiger partial charge in [0.05, 0.1) is 9.82 Å². The van der Waals surface area contributed by atoms with Crippen LogP contribution < -0.4 is 4.31 Å². The van der Waals surface area contributed by atoms with Gasteiger partial charge in [-0.3, -0.25) is 10.1 Å². The van der Waals surface area contributed by atoms with E-state index in [1.165, 1.54) is 24.3 Å². The van der Waals surface area contributed by atoms with E-state index < -0.39 is 20.6 Å². The van der Waals surface area contributed by atoms with Gasteiger partial charge in [0.2, 0.25) is 0 Å². The highest BCUT2D eigenvalue weighted by molar-refractivity contribution is 7.93. The van der Waals surface area contributed by atoms with Gasteiger partial charge < -0.3 is 0 Å². The number of nitrogens with zero attached hydrogens (tertiary/aromatic N) is 2. The highest BCUT2D eigenvalue weighted by Gasteiger charge is 2.28. The average molecular weight is 353 g/mol. The maximum atomic E-state index is 12.7. The van der Waals surface area contributed by atoms with Crippen LogP contribution in [-0.4, -0.2) is 13.3 Å². The monoisotopic (exact) mass is 352 g/mol. The van der Waals surface area contributed by atoms with Crippen LogP contribution in [0.3, 0.4) is 0 Å². The van der Waals surface area contributed by atoms with Crippen molar-refractivity contribution in [3.8, 4) is 0 Å². The quantitative estimate of drug-likeness (QED) is 0.603. The summed E-state index contributed by atoms with van der Waals surface area (Å²) < 4.78 is 26.2. The zero-order valence-corrected chi connectivity index (χ0v) is 13.7. The molecule has 0 fully saturated rings. The molecule has 0 N–H and O–H groups in total. The Labute approximate surface area is 138 Å². The molecular weight excluding hydrogens is 340 g/mol. The van der Waals surface area contributed by atoms with E-state index in [1.54, 1.807) is 12.1 Å². The molecule has 0 heterocycles. The molecule has 0 aromatic heterocycles. The molecule has 0 saturated heterocycles. The van der Waals surface area contributed by atoms with Gasteiger partial charge in [0.1, 0.15) is 5.69 Å². The number of aryl methyl sites for hydroxylation is 1. The van der Waals surface area contributed by atoms with Crippen LogP contribution in [0.4, 0.5) is 11.4 Å². The molecule has 0 aliphatic carbocycles. The summed E-state index contributed by atoms with van der Waals surface area (Å²) in [6.07, 6.45) is 1.02. The zero-order chi connectivity index (χ0) is 17.2. The van der Waals surface area contributed by atoms with Gasteiger partial charge in [0.25, 0.3) is 15.7 Å². The first-order chi connectivity index (χ1) is 10.8. The third kappa shape index (κ3) is 3.35. The minimum absolute atomic E-state index is 0.00671. The van der Waals surface area contributed by atoms with Crippen molar-refractivity contribution in [1.82, 2.24) is 0 Å². The number of rotatable bonds is 5. The molecule has 2 rings (SSSR count). The topological polar surface area (TPSA) is 80.5 Å². The number of hydrogen-bond acceptors (Lipinski definition) is 4. The van der Waals surface area contributed by atoms with Gasteiger partial charge in [-0.15, -0.1) is 0 Å². The van der Waals surface area contributed by atoms with Crippen molar-refractivity contribution in [2.45, 2.75) is 11.8 Å². The van der Waals surface area contributed by atoms with Gasteiger partial charge >= 0.3 is 0 Å². The van der Waals surface area contributed by atoms with Crippen LogP contribution in [0.2, 0.25) is 5.02 Å². The van der Waals surface area contributed by atoms with Crippen molar-refractivity contribution in [3.05, 3.63) is 75.9 Å². The van der Waals surface area contributed by atoms with Crippen LogP contribution in [0, 0.1) is 17.0 Å². The molecule has 23 heavy (non-hydrogen) atoms. The van der Waals surface area contributed by atoms with Crippen LogP contribution in [-0.2, 0) is 10.0 Å². The predicted octanol–water partition coefficient (Wildman–Crippen LogP) is 3.90. The lowest BCUT2D eigenvalue weighted by atomic mass is 10.2. The lowest BCUT2D eigenvalue weighted by molar-refractivity contribution is -0.384. The molecule has 6 nitrogen and oxygen atoms in total. The molecule has 0 spiro atoms. The summed E-state index contributed by atoms with van der Waals surface area (Å²) in [5, 5.41) is 11.3. The Balaban J connectivity index is 2.62. The van der Waals surface area contributed by atoms with Crippen molar-refractivity contribution in [2.24, 2.45) is 0 Å². The van der Waals surface area contributed by atoms with Crippen LogP contribution >= 0.6 is 11.6 Å². The molecule has 0 amide bonds. The highest BCUT2D eigenvalue weighted by atomic mass is 35.5. The number of anilines is 1.